The van der Waals surface area contributed by atoms with Gasteiger partial charge in [-0.1, -0.05) is 398 Å². The van der Waals surface area contributed by atoms with Crippen molar-refractivity contribution in [2.24, 2.45) is 0 Å². The predicted molar refractivity (Wildman–Crippen MR) is 398 cm³/mol. The maximum Gasteiger partial charge on any atom is 0.305 e. The molecule has 0 saturated carbocycles. The van der Waals surface area contributed by atoms with E-state index in [2.05, 4.69) is 31.3 Å². The van der Waals surface area contributed by atoms with Crippen LogP contribution in [0.15, 0.2) is 24.3 Å². The number of carbonyl (C=O) groups excluding carboxylic acids is 2. The molecule has 11 nitrogen and oxygen atoms in total. The number of aliphatic hydroxyl groups excluding tert-OH is 5. The summed E-state index contributed by atoms with van der Waals surface area (Å²) in [6.07, 6.45) is 84.0. The van der Waals surface area contributed by atoms with E-state index in [4.69, 9.17) is 14.2 Å². The van der Waals surface area contributed by atoms with Gasteiger partial charge < -0.3 is 45.1 Å². The van der Waals surface area contributed by atoms with E-state index in [1.807, 2.05) is 6.08 Å². The van der Waals surface area contributed by atoms with Crippen LogP contribution in [0.5, 0.6) is 0 Å². The molecule has 11 heteroatoms. The highest BCUT2D eigenvalue weighted by atomic mass is 16.7. The molecule has 0 aromatic heterocycles. The van der Waals surface area contributed by atoms with Crippen LogP contribution in [-0.2, 0) is 23.8 Å². The average molecular weight is 1330 g/mol. The van der Waals surface area contributed by atoms with E-state index in [0.29, 0.717) is 19.4 Å². The smallest absolute Gasteiger partial charge is 0.305 e. The number of esters is 1. The number of rotatable bonds is 75. The Labute approximate surface area is 581 Å². The van der Waals surface area contributed by atoms with Gasteiger partial charge in [0.05, 0.1) is 32.0 Å². The minimum atomic E-state index is -1.57. The maximum absolute atomic E-state index is 13.0. The number of carbonyl (C=O) groups is 2. The van der Waals surface area contributed by atoms with Crippen LogP contribution in [0.25, 0.3) is 0 Å². The van der Waals surface area contributed by atoms with E-state index in [9.17, 15) is 35.1 Å². The molecule has 1 saturated heterocycles. The quantitative estimate of drug-likeness (QED) is 0.0195. The summed E-state index contributed by atoms with van der Waals surface area (Å²) < 4.78 is 16.8. The van der Waals surface area contributed by atoms with Gasteiger partial charge in [0.1, 0.15) is 24.4 Å². The molecule has 6 N–H and O–H groups in total. The molecule has 0 radical (unpaired) electrons. The van der Waals surface area contributed by atoms with Crippen molar-refractivity contribution in [3.05, 3.63) is 24.3 Å². The van der Waals surface area contributed by atoms with Gasteiger partial charge in [-0.3, -0.25) is 9.59 Å². The minimum absolute atomic E-state index is 0.0232. The predicted octanol–water partition coefficient (Wildman–Crippen LogP) is 22.7. The first-order chi connectivity index (χ1) is 46.2. The van der Waals surface area contributed by atoms with E-state index in [1.54, 1.807) is 6.08 Å². The van der Waals surface area contributed by atoms with E-state index < -0.39 is 49.5 Å². The van der Waals surface area contributed by atoms with Gasteiger partial charge in [-0.15, -0.1) is 0 Å². The summed E-state index contributed by atoms with van der Waals surface area (Å²) in [7, 11) is 0. The molecule has 0 aliphatic carbocycles. The molecule has 556 valence electrons. The summed E-state index contributed by atoms with van der Waals surface area (Å²) in [5.41, 5.74) is 0. The monoisotopic (exact) mass is 1330 g/mol. The molecular formula is C83H159NO10. The SMILES string of the molecule is CCCCCC/C=C/CC/C=C/C(O)C(COC1OC(CO)C(O)C(O)C1O)NC(=O)CCCCCCCCCCCCCCCCCCCCCCCCCCCCCCCCCCCCCCCCCOC(=O)CCCCCCCCCCCCCCCCCCC. The summed E-state index contributed by atoms with van der Waals surface area (Å²) >= 11 is 0. The van der Waals surface area contributed by atoms with Crippen molar-refractivity contribution < 1.29 is 49.3 Å². The summed E-state index contributed by atoms with van der Waals surface area (Å²) in [6, 6.07) is -0.821. The van der Waals surface area contributed by atoms with Crippen molar-refractivity contribution in [1.29, 1.82) is 0 Å². The van der Waals surface area contributed by atoms with Gasteiger partial charge >= 0.3 is 5.97 Å². The number of ether oxygens (including phenoxy) is 3. The normalized spacial score (nSPS) is 17.5. The lowest BCUT2D eigenvalue weighted by atomic mass is 9.99. The van der Waals surface area contributed by atoms with E-state index >= 15 is 0 Å². The Morgan fingerprint density at radius 3 is 1.05 bits per heavy atom. The molecule has 1 aliphatic heterocycles. The summed E-state index contributed by atoms with van der Waals surface area (Å²) in [5.74, 6) is -0.162. The molecule has 1 fully saturated rings. The Kier molecular flexibility index (Phi) is 69.4. The molecule has 7 unspecified atom stereocenters. The Hall–Kier alpha value is -1.86. The van der Waals surface area contributed by atoms with Crippen LogP contribution in [0.1, 0.15) is 431 Å². The molecule has 1 aliphatic rings. The Morgan fingerprint density at radius 2 is 0.691 bits per heavy atom. The van der Waals surface area contributed by atoms with Crippen molar-refractivity contribution in [3.8, 4) is 0 Å². The van der Waals surface area contributed by atoms with Crippen LogP contribution in [0, 0.1) is 0 Å². The molecule has 0 aromatic carbocycles. The largest absolute Gasteiger partial charge is 0.466 e. The van der Waals surface area contributed by atoms with Crippen molar-refractivity contribution in [3.63, 3.8) is 0 Å². The standard InChI is InChI=1S/C83H159NO10/c1-3-5-7-9-11-13-15-16-17-41-45-48-51-55-59-63-67-71-79(88)92-72-68-64-60-56-52-49-46-43-40-38-36-34-32-30-28-26-24-22-20-18-19-21-23-25-27-29-31-33-35-37-39-42-44-47-50-54-58-62-66-70-78(87)84-75(74-93-83-82(91)81(90)80(89)77(73-85)94-83)76(86)69-65-61-57-53-14-12-10-8-6-4-2/h14,53,65,69,75-77,80-83,85-86,89-91H,3-13,15-52,54-64,66-68,70-74H2,1-2H3,(H,84,87)/b53-14+,69-65+. The van der Waals surface area contributed by atoms with Crippen molar-refractivity contribution >= 4 is 11.9 Å². The van der Waals surface area contributed by atoms with Crippen LogP contribution >= 0.6 is 0 Å². The van der Waals surface area contributed by atoms with E-state index in [1.165, 1.54) is 353 Å². The lowest BCUT2D eigenvalue weighted by Crippen LogP contribution is -2.60. The summed E-state index contributed by atoms with van der Waals surface area (Å²) in [5, 5.41) is 54.4. The molecule has 1 rings (SSSR count). The van der Waals surface area contributed by atoms with Crippen LogP contribution < -0.4 is 5.32 Å². The number of allylic oxidation sites excluding steroid dienone is 3. The van der Waals surface area contributed by atoms with E-state index in [-0.39, 0.29) is 18.5 Å². The number of aliphatic hydroxyl groups is 5. The van der Waals surface area contributed by atoms with Gasteiger partial charge in [0.15, 0.2) is 6.29 Å². The third kappa shape index (κ3) is 60.1. The second kappa shape index (κ2) is 72.4. The Morgan fingerprint density at radius 1 is 0.383 bits per heavy atom. The molecular weight excluding hydrogens is 1170 g/mol. The zero-order valence-electron chi connectivity index (χ0n) is 62.2. The fourth-order valence-electron chi connectivity index (χ4n) is 13.6. The highest BCUT2D eigenvalue weighted by Crippen LogP contribution is 2.24. The summed E-state index contributed by atoms with van der Waals surface area (Å²) in [6.45, 7) is 4.36. The molecule has 7 atom stereocenters. The number of unbranched alkanes of at least 4 members (excludes halogenated alkanes) is 59. The maximum atomic E-state index is 13.0. The first kappa shape index (κ1) is 90.2. The molecule has 1 heterocycles. The van der Waals surface area contributed by atoms with Gasteiger partial charge in [0.25, 0.3) is 0 Å². The average Bonchev–Trinajstić information content (AvgIpc) is 0.904. The van der Waals surface area contributed by atoms with E-state index in [0.717, 1.165) is 51.4 Å². The first-order valence-corrected chi connectivity index (χ1v) is 41.6. The number of hydrogen-bond donors (Lipinski definition) is 6. The van der Waals surface area contributed by atoms with Crippen LogP contribution in [-0.4, -0.2) is 100 Å². The summed E-state index contributed by atoms with van der Waals surface area (Å²) in [4.78, 5) is 25.2. The molecule has 0 bridgehead atoms. The lowest BCUT2D eigenvalue weighted by Gasteiger charge is -2.40. The lowest BCUT2D eigenvalue weighted by molar-refractivity contribution is -0.302. The second-order valence-electron chi connectivity index (χ2n) is 29.2. The van der Waals surface area contributed by atoms with Gasteiger partial charge in [0.2, 0.25) is 5.91 Å². The third-order valence-electron chi connectivity index (χ3n) is 20.1. The zero-order chi connectivity index (χ0) is 67.9. The minimum Gasteiger partial charge on any atom is -0.466 e. The molecule has 0 spiro atoms. The van der Waals surface area contributed by atoms with Gasteiger partial charge in [-0.25, -0.2) is 0 Å². The van der Waals surface area contributed by atoms with Crippen LogP contribution in [0.4, 0.5) is 0 Å². The number of nitrogens with one attached hydrogen (secondary N) is 1. The van der Waals surface area contributed by atoms with Gasteiger partial charge in [0, 0.05) is 12.8 Å². The topological polar surface area (TPSA) is 175 Å². The second-order valence-corrected chi connectivity index (χ2v) is 29.2. The van der Waals surface area contributed by atoms with Gasteiger partial charge in [-0.05, 0) is 44.9 Å². The molecule has 1 amide bonds. The molecule has 0 aromatic rings. The Bertz CT molecular complexity index is 1610. The fraction of sp³-hybridized carbons (Fsp3) is 0.928. The highest BCUT2D eigenvalue weighted by molar-refractivity contribution is 5.76. The van der Waals surface area contributed by atoms with Gasteiger partial charge in [-0.2, -0.15) is 0 Å². The van der Waals surface area contributed by atoms with Crippen molar-refractivity contribution in [2.45, 2.75) is 474 Å². The van der Waals surface area contributed by atoms with Crippen LogP contribution in [0.3, 0.4) is 0 Å². The zero-order valence-corrected chi connectivity index (χ0v) is 62.2. The molecule has 94 heavy (non-hydrogen) atoms. The van der Waals surface area contributed by atoms with Crippen LogP contribution in [0.2, 0.25) is 0 Å². The van der Waals surface area contributed by atoms with Crippen molar-refractivity contribution in [2.75, 3.05) is 19.8 Å². The number of amides is 1. The number of hydrogen-bond acceptors (Lipinski definition) is 10. The van der Waals surface area contributed by atoms with Crippen molar-refractivity contribution in [1.82, 2.24) is 5.32 Å². The third-order valence-corrected chi connectivity index (χ3v) is 20.1. The Balaban J connectivity index is 1.83. The first-order valence-electron chi connectivity index (χ1n) is 41.6. The highest BCUT2D eigenvalue weighted by Gasteiger charge is 2.44. The fourth-order valence-corrected chi connectivity index (χ4v) is 13.6.